The molecule has 2 saturated heterocycles. The van der Waals surface area contributed by atoms with E-state index in [-0.39, 0.29) is 30.9 Å². The summed E-state index contributed by atoms with van der Waals surface area (Å²) in [4.78, 5) is 44.2. The Hall–Kier alpha value is -3.82. The first-order chi connectivity index (χ1) is 19.0. The molecule has 0 spiro atoms. The lowest BCUT2D eigenvalue weighted by Gasteiger charge is -2.54. The van der Waals surface area contributed by atoms with Gasteiger partial charge in [0, 0.05) is 31.6 Å². The second-order valence-electron chi connectivity index (χ2n) is 9.72. The zero-order chi connectivity index (χ0) is 27.2. The van der Waals surface area contributed by atoms with Gasteiger partial charge in [0.2, 0.25) is 11.8 Å². The first-order valence-corrected chi connectivity index (χ1v) is 14.3. The van der Waals surface area contributed by atoms with Crippen molar-refractivity contribution in [3.8, 4) is 0 Å². The van der Waals surface area contributed by atoms with Gasteiger partial charge in [-0.3, -0.25) is 9.59 Å². The summed E-state index contributed by atoms with van der Waals surface area (Å²) in [5.41, 5.74) is 2.97. The number of thioether (sulfide) groups is 1. The molecule has 202 valence electrons. The normalized spacial score (nSPS) is 19.7. The first kappa shape index (κ1) is 26.8. The molecule has 2 heterocycles. The molecule has 2 aliphatic heterocycles. The molecular formula is C30H33N5O3S. The molecule has 8 nitrogen and oxygen atoms in total. The Morgan fingerprint density at radius 2 is 1.51 bits per heavy atom. The van der Waals surface area contributed by atoms with Gasteiger partial charge in [0.05, 0.1) is 13.1 Å². The highest BCUT2D eigenvalue weighted by molar-refractivity contribution is 7.98. The molecule has 0 unspecified atom stereocenters. The molecule has 2 fully saturated rings. The Bertz CT molecular complexity index is 1280. The SMILES string of the molecule is CN1CC(=O)N2[C@@H](c3ccccc3)C(=O)N(CCSCc3ccccc3)C[C@@H]2N1C(=O)NCc1ccccc1. The van der Waals surface area contributed by atoms with Crippen molar-refractivity contribution in [3.05, 3.63) is 108 Å². The largest absolute Gasteiger partial charge is 0.336 e. The van der Waals surface area contributed by atoms with Crippen LogP contribution in [0, 0.1) is 0 Å². The molecular weight excluding hydrogens is 510 g/mol. The van der Waals surface area contributed by atoms with Crippen molar-refractivity contribution >= 4 is 29.6 Å². The van der Waals surface area contributed by atoms with E-state index in [4.69, 9.17) is 0 Å². The summed E-state index contributed by atoms with van der Waals surface area (Å²) in [5.74, 6) is 1.32. The number of benzene rings is 3. The number of nitrogens with one attached hydrogen (secondary N) is 1. The van der Waals surface area contributed by atoms with Crippen LogP contribution in [-0.2, 0) is 21.9 Å². The summed E-state index contributed by atoms with van der Waals surface area (Å²) in [6.45, 7) is 1.16. The maximum atomic E-state index is 13.8. The van der Waals surface area contributed by atoms with Crippen LogP contribution >= 0.6 is 11.8 Å². The topological polar surface area (TPSA) is 76.2 Å². The van der Waals surface area contributed by atoms with E-state index in [0.717, 1.165) is 22.6 Å². The maximum Gasteiger partial charge on any atom is 0.334 e. The molecule has 3 aromatic carbocycles. The highest BCUT2D eigenvalue weighted by atomic mass is 32.2. The third-order valence-corrected chi connectivity index (χ3v) is 8.07. The van der Waals surface area contributed by atoms with Crippen LogP contribution in [0.15, 0.2) is 91.0 Å². The Morgan fingerprint density at radius 1 is 0.897 bits per heavy atom. The van der Waals surface area contributed by atoms with E-state index in [1.54, 1.807) is 38.6 Å². The molecule has 0 aromatic heterocycles. The molecule has 5 rings (SSSR count). The fourth-order valence-corrected chi connectivity index (χ4v) is 6.07. The molecule has 4 amide bonds. The minimum Gasteiger partial charge on any atom is -0.336 e. The number of hydrazine groups is 1. The van der Waals surface area contributed by atoms with Gasteiger partial charge >= 0.3 is 6.03 Å². The second kappa shape index (κ2) is 12.4. The van der Waals surface area contributed by atoms with Gasteiger partial charge in [-0.1, -0.05) is 91.0 Å². The molecule has 0 bridgehead atoms. The summed E-state index contributed by atoms with van der Waals surface area (Å²) in [5, 5.41) is 6.25. The molecule has 0 radical (unpaired) electrons. The van der Waals surface area contributed by atoms with Crippen LogP contribution in [0.25, 0.3) is 0 Å². The molecule has 9 heteroatoms. The Morgan fingerprint density at radius 3 is 2.18 bits per heavy atom. The lowest BCUT2D eigenvalue weighted by molar-refractivity contribution is -0.187. The van der Waals surface area contributed by atoms with Crippen molar-refractivity contribution in [2.24, 2.45) is 0 Å². The van der Waals surface area contributed by atoms with E-state index in [2.05, 4.69) is 17.4 Å². The van der Waals surface area contributed by atoms with E-state index in [9.17, 15) is 14.4 Å². The van der Waals surface area contributed by atoms with E-state index in [1.807, 2.05) is 78.9 Å². The van der Waals surface area contributed by atoms with E-state index >= 15 is 0 Å². The second-order valence-corrected chi connectivity index (χ2v) is 10.8. The maximum absolute atomic E-state index is 13.8. The van der Waals surface area contributed by atoms with Crippen LogP contribution in [0.5, 0.6) is 0 Å². The van der Waals surface area contributed by atoms with Crippen molar-refractivity contribution in [1.82, 2.24) is 25.1 Å². The average molecular weight is 544 g/mol. The number of carbonyl (C=O) groups is 3. The molecule has 1 N–H and O–H groups in total. The van der Waals surface area contributed by atoms with E-state index < -0.39 is 12.2 Å². The van der Waals surface area contributed by atoms with Crippen molar-refractivity contribution in [3.63, 3.8) is 0 Å². The number of amides is 4. The fourth-order valence-electron chi connectivity index (χ4n) is 5.15. The molecule has 3 aromatic rings. The minimum atomic E-state index is -0.783. The summed E-state index contributed by atoms with van der Waals surface area (Å²) in [6, 6.07) is 28.2. The highest BCUT2D eigenvalue weighted by Gasteiger charge is 2.51. The molecule has 0 aliphatic carbocycles. The summed E-state index contributed by atoms with van der Waals surface area (Å²) >= 11 is 1.76. The number of piperazine rings is 1. The quantitative estimate of drug-likeness (QED) is 0.438. The van der Waals surface area contributed by atoms with Gasteiger partial charge in [0.25, 0.3) is 0 Å². The van der Waals surface area contributed by atoms with Crippen molar-refractivity contribution < 1.29 is 14.4 Å². The number of rotatable bonds is 8. The monoisotopic (exact) mass is 543 g/mol. The Kier molecular flexibility index (Phi) is 8.48. The van der Waals surface area contributed by atoms with Crippen LogP contribution in [0.1, 0.15) is 22.7 Å². The van der Waals surface area contributed by atoms with E-state index in [0.29, 0.717) is 13.1 Å². The number of hydrogen-bond acceptors (Lipinski definition) is 5. The van der Waals surface area contributed by atoms with Gasteiger partial charge in [-0.15, -0.1) is 0 Å². The average Bonchev–Trinajstić information content (AvgIpc) is 2.96. The minimum absolute atomic E-state index is 0.0127. The highest BCUT2D eigenvalue weighted by Crippen LogP contribution is 2.34. The van der Waals surface area contributed by atoms with Crippen molar-refractivity contribution in [2.45, 2.75) is 24.5 Å². The van der Waals surface area contributed by atoms with Gasteiger partial charge in [0.1, 0.15) is 12.2 Å². The van der Waals surface area contributed by atoms with E-state index in [1.165, 1.54) is 5.56 Å². The number of likely N-dealkylation sites (N-methyl/N-ethyl adjacent to an activating group) is 1. The van der Waals surface area contributed by atoms with Crippen molar-refractivity contribution in [1.29, 1.82) is 0 Å². The van der Waals surface area contributed by atoms with Gasteiger partial charge in [-0.25, -0.2) is 14.8 Å². The van der Waals surface area contributed by atoms with Gasteiger partial charge < -0.3 is 15.1 Å². The van der Waals surface area contributed by atoms with Crippen molar-refractivity contribution in [2.75, 3.05) is 32.4 Å². The standard InChI is InChI=1S/C30H33N5O3S/c1-32-21-27(36)34-26(35(32)30(38)31-19-23-11-5-2-6-12-23)20-33(17-18-39-22-24-13-7-3-8-14-24)29(37)28(34)25-15-9-4-10-16-25/h2-16,26,28H,17-22H2,1H3,(H,31,38)/t26-,28-/m0/s1. The summed E-state index contributed by atoms with van der Waals surface area (Å²) in [7, 11) is 1.74. The zero-order valence-corrected chi connectivity index (χ0v) is 22.8. The van der Waals surface area contributed by atoms with Crippen LogP contribution in [-0.4, -0.2) is 76.3 Å². The predicted molar refractivity (Wildman–Crippen MR) is 152 cm³/mol. The molecule has 0 saturated carbocycles. The van der Waals surface area contributed by atoms with Crippen LogP contribution < -0.4 is 5.32 Å². The lowest BCUT2D eigenvalue weighted by atomic mass is 9.99. The Labute approximate surface area is 233 Å². The first-order valence-electron chi connectivity index (χ1n) is 13.1. The summed E-state index contributed by atoms with van der Waals surface area (Å²) in [6.07, 6.45) is -0.617. The zero-order valence-electron chi connectivity index (χ0n) is 22.0. The van der Waals surface area contributed by atoms with Crippen LogP contribution in [0.3, 0.4) is 0 Å². The van der Waals surface area contributed by atoms with Gasteiger partial charge in [-0.05, 0) is 16.7 Å². The Balaban J connectivity index is 1.36. The third kappa shape index (κ3) is 6.10. The molecule has 39 heavy (non-hydrogen) atoms. The summed E-state index contributed by atoms with van der Waals surface area (Å²) < 4.78 is 0. The van der Waals surface area contributed by atoms with Crippen LogP contribution in [0.4, 0.5) is 4.79 Å². The number of carbonyl (C=O) groups excluding carboxylic acids is 3. The van der Waals surface area contributed by atoms with Crippen LogP contribution in [0.2, 0.25) is 0 Å². The number of nitrogens with zero attached hydrogens (tertiary/aromatic N) is 4. The molecule has 2 aliphatic rings. The predicted octanol–water partition coefficient (Wildman–Crippen LogP) is 3.73. The number of urea groups is 1. The lowest BCUT2D eigenvalue weighted by Crippen LogP contribution is -2.73. The molecule has 2 atom stereocenters. The fraction of sp³-hybridized carbons (Fsp3) is 0.300. The number of hydrogen-bond donors (Lipinski definition) is 1. The number of fused-ring (bicyclic) bond motifs is 1. The van der Waals surface area contributed by atoms with Gasteiger partial charge in [0.15, 0.2) is 0 Å². The third-order valence-electron chi connectivity index (χ3n) is 7.06. The van der Waals surface area contributed by atoms with Gasteiger partial charge in [-0.2, -0.15) is 11.8 Å². The smallest absolute Gasteiger partial charge is 0.334 e.